The average Bonchev–Trinajstić information content (AvgIpc) is 3.06. The molecule has 1 saturated heterocycles. The summed E-state index contributed by atoms with van der Waals surface area (Å²) in [5.41, 5.74) is 3.00. The smallest absolute Gasteiger partial charge is 0.272 e. The first kappa shape index (κ1) is 13.9. The molecule has 23 heavy (non-hydrogen) atoms. The van der Waals surface area contributed by atoms with E-state index in [9.17, 15) is 4.79 Å². The Bertz CT molecular complexity index is 818. The van der Waals surface area contributed by atoms with Crippen LogP contribution in [0, 0.1) is 0 Å². The second kappa shape index (κ2) is 5.81. The number of imidazole rings is 1. The Morgan fingerprint density at radius 1 is 1.00 bits per heavy atom. The van der Waals surface area contributed by atoms with Gasteiger partial charge in [-0.25, -0.2) is 9.97 Å². The molecular formula is C17H17N5O. The monoisotopic (exact) mass is 307 g/mol. The lowest BCUT2D eigenvalue weighted by Gasteiger charge is -2.27. The number of nitrogens with zero attached hydrogens (tertiary/aromatic N) is 3. The van der Waals surface area contributed by atoms with E-state index in [4.69, 9.17) is 0 Å². The molecule has 0 unspecified atom stereocenters. The van der Waals surface area contributed by atoms with Gasteiger partial charge >= 0.3 is 0 Å². The van der Waals surface area contributed by atoms with E-state index in [0.29, 0.717) is 17.2 Å². The molecular weight excluding hydrogens is 290 g/mol. The van der Waals surface area contributed by atoms with Gasteiger partial charge in [0.1, 0.15) is 11.4 Å². The number of nitrogens with one attached hydrogen (secondary N) is 2. The van der Waals surface area contributed by atoms with Crippen LogP contribution >= 0.6 is 0 Å². The highest BCUT2D eigenvalue weighted by molar-refractivity contribution is 5.93. The van der Waals surface area contributed by atoms with Crippen LogP contribution < -0.4 is 5.32 Å². The van der Waals surface area contributed by atoms with Crippen LogP contribution in [0.4, 0.5) is 0 Å². The molecule has 0 atom stereocenters. The van der Waals surface area contributed by atoms with Gasteiger partial charge in [0.2, 0.25) is 0 Å². The van der Waals surface area contributed by atoms with Gasteiger partial charge < -0.3 is 15.2 Å². The number of H-pyrrole nitrogens is 1. The van der Waals surface area contributed by atoms with Crippen molar-refractivity contribution in [3.63, 3.8) is 0 Å². The summed E-state index contributed by atoms with van der Waals surface area (Å²) in [6, 6.07) is 13.3. The number of hydrogen-bond donors (Lipinski definition) is 2. The number of carbonyl (C=O) groups is 1. The van der Waals surface area contributed by atoms with Crippen LogP contribution in [0.2, 0.25) is 0 Å². The van der Waals surface area contributed by atoms with Crippen LogP contribution in [0.3, 0.4) is 0 Å². The van der Waals surface area contributed by atoms with Crippen molar-refractivity contribution in [2.24, 2.45) is 0 Å². The van der Waals surface area contributed by atoms with E-state index in [1.54, 1.807) is 6.07 Å². The second-order valence-corrected chi connectivity index (χ2v) is 5.55. The van der Waals surface area contributed by atoms with Crippen molar-refractivity contribution in [3.8, 4) is 11.5 Å². The average molecular weight is 307 g/mol. The van der Waals surface area contributed by atoms with Crippen LogP contribution in [0.5, 0.6) is 0 Å². The normalized spacial score (nSPS) is 15.0. The van der Waals surface area contributed by atoms with Gasteiger partial charge in [-0.1, -0.05) is 18.2 Å². The highest BCUT2D eigenvalue weighted by Gasteiger charge is 2.19. The molecule has 116 valence electrons. The maximum Gasteiger partial charge on any atom is 0.272 e. The number of pyridine rings is 1. The quantitative estimate of drug-likeness (QED) is 0.755. The van der Waals surface area contributed by atoms with Gasteiger partial charge in [-0.3, -0.25) is 4.79 Å². The summed E-state index contributed by atoms with van der Waals surface area (Å²) in [4.78, 5) is 26.7. The standard InChI is InChI=1S/C17H17N5O/c23-17(22-10-8-18-9-11-22)15-7-3-6-14(19-15)16-20-12-4-1-2-5-13(12)21-16/h1-7,18H,8-11H2,(H,20,21). The highest BCUT2D eigenvalue weighted by Crippen LogP contribution is 2.19. The predicted octanol–water partition coefficient (Wildman–Crippen LogP) is 1.67. The van der Waals surface area contributed by atoms with Gasteiger partial charge in [0.05, 0.1) is 11.0 Å². The van der Waals surface area contributed by atoms with Crippen LogP contribution in [0.25, 0.3) is 22.6 Å². The molecule has 1 aromatic carbocycles. The summed E-state index contributed by atoms with van der Waals surface area (Å²) in [6.07, 6.45) is 0. The first-order valence-electron chi connectivity index (χ1n) is 7.73. The molecule has 0 aliphatic carbocycles. The lowest BCUT2D eigenvalue weighted by molar-refractivity contribution is 0.0730. The number of carbonyl (C=O) groups excluding carboxylic acids is 1. The third-order valence-corrected chi connectivity index (χ3v) is 4.00. The Balaban J connectivity index is 1.66. The number of piperazine rings is 1. The van der Waals surface area contributed by atoms with Gasteiger partial charge in [-0.2, -0.15) is 0 Å². The molecule has 1 fully saturated rings. The zero-order valence-corrected chi connectivity index (χ0v) is 12.6. The Morgan fingerprint density at radius 2 is 1.83 bits per heavy atom. The Kier molecular flexibility index (Phi) is 3.51. The van der Waals surface area contributed by atoms with E-state index in [1.807, 2.05) is 41.3 Å². The first-order chi connectivity index (χ1) is 11.3. The molecule has 3 heterocycles. The fourth-order valence-electron chi connectivity index (χ4n) is 2.79. The number of fused-ring (bicyclic) bond motifs is 1. The molecule has 1 aliphatic rings. The minimum Gasteiger partial charge on any atom is -0.337 e. The van der Waals surface area contributed by atoms with Crippen LogP contribution in [0.15, 0.2) is 42.5 Å². The lowest BCUT2D eigenvalue weighted by atomic mass is 10.2. The van der Waals surface area contributed by atoms with E-state index < -0.39 is 0 Å². The number of hydrogen-bond acceptors (Lipinski definition) is 4. The molecule has 6 heteroatoms. The molecule has 2 N–H and O–H groups in total. The summed E-state index contributed by atoms with van der Waals surface area (Å²) < 4.78 is 0. The Labute approximate surface area is 133 Å². The Morgan fingerprint density at radius 3 is 2.65 bits per heavy atom. The van der Waals surface area contributed by atoms with Gasteiger partial charge in [-0.05, 0) is 24.3 Å². The van der Waals surface area contributed by atoms with E-state index in [2.05, 4.69) is 20.3 Å². The summed E-state index contributed by atoms with van der Waals surface area (Å²) in [6.45, 7) is 3.09. The number of benzene rings is 1. The van der Waals surface area contributed by atoms with E-state index in [1.165, 1.54) is 0 Å². The molecule has 2 aromatic heterocycles. The third-order valence-electron chi connectivity index (χ3n) is 4.00. The zero-order valence-electron chi connectivity index (χ0n) is 12.6. The van der Waals surface area contributed by atoms with Crippen LogP contribution in [-0.4, -0.2) is 51.9 Å². The zero-order chi connectivity index (χ0) is 15.6. The molecule has 0 bridgehead atoms. The van der Waals surface area contributed by atoms with Crippen molar-refractivity contribution in [2.45, 2.75) is 0 Å². The molecule has 1 aliphatic heterocycles. The molecule has 0 saturated carbocycles. The summed E-state index contributed by atoms with van der Waals surface area (Å²) >= 11 is 0. The molecule has 1 amide bonds. The van der Waals surface area contributed by atoms with Gasteiger partial charge in [0.15, 0.2) is 5.82 Å². The number of para-hydroxylation sites is 2. The fourth-order valence-corrected chi connectivity index (χ4v) is 2.79. The largest absolute Gasteiger partial charge is 0.337 e. The third kappa shape index (κ3) is 2.68. The topological polar surface area (TPSA) is 73.9 Å². The fraction of sp³-hybridized carbons (Fsp3) is 0.235. The summed E-state index contributed by atoms with van der Waals surface area (Å²) in [7, 11) is 0. The van der Waals surface area contributed by atoms with Gasteiger partial charge in [-0.15, -0.1) is 0 Å². The van der Waals surface area contributed by atoms with Crippen molar-refractivity contribution < 1.29 is 4.79 Å². The number of rotatable bonds is 2. The molecule has 3 aromatic rings. The van der Waals surface area contributed by atoms with Crippen molar-refractivity contribution >= 4 is 16.9 Å². The highest BCUT2D eigenvalue weighted by atomic mass is 16.2. The molecule has 6 nitrogen and oxygen atoms in total. The van der Waals surface area contributed by atoms with Crippen molar-refractivity contribution in [2.75, 3.05) is 26.2 Å². The molecule has 0 spiro atoms. The van der Waals surface area contributed by atoms with E-state index >= 15 is 0 Å². The van der Waals surface area contributed by atoms with E-state index in [0.717, 1.165) is 37.2 Å². The number of aromatic nitrogens is 3. The second-order valence-electron chi connectivity index (χ2n) is 5.55. The van der Waals surface area contributed by atoms with Crippen LogP contribution in [-0.2, 0) is 0 Å². The molecule has 0 radical (unpaired) electrons. The minimum absolute atomic E-state index is 0.0236. The van der Waals surface area contributed by atoms with Crippen molar-refractivity contribution in [3.05, 3.63) is 48.2 Å². The summed E-state index contributed by atoms with van der Waals surface area (Å²) in [5.74, 6) is 0.658. The predicted molar refractivity (Wildman–Crippen MR) is 88.1 cm³/mol. The van der Waals surface area contributed by atoms with Crippen LogP contribution in [0.1, 0.15) is 10.5 Å². The van der Waals surface area contributed by atoms with Crippen molar-refractivity contribution in [1.82, 2.24) is 25.2 Å². The summed E-state index contributed by atoms with van der Waals surface area (Å²) in [5, 5.41) is 3.24. The molecule has 4 rings (SSSR count). The Hall–Kier alpha value is -2.73. The SMILES string of the molecule is O=C(c1cccc(-c2nc3ccccc3[nH]2)n1)N1CCNCC1. The van der Waals surface area contributed by atoms with Crippen molar-refractivity contribution in [1.29, 1.82) is 0 Å². The number of aromatic amines is 1. The maximum absolute atomic E-state index is 12.6. The van der Waals surface area contributed by atoms with E-state index in [-0.39, 0.29) is 5.91 Å². The number of amides is 1. The van der Waals surface area contributed by atoms with Gasteiger partial charge in [0, 0.05) is 26.2 Å². The lowest BCUT2D eigenvalue weighted by Crippen LogP contribution is -2.46. The van der Waals surface area contributed by atoms with Gasteiger partial charge in [0.25, 0.3) is 5.91 Å². The first-order valence-corrected chi connectivity index (χ1v) is 7.73. The maximum atomic E-state index is 12.6. The minimum atomic E-state index is -0.0236.